The molecule has 0 bridgehead atoms. The van der Waals surface area contributed by atoms with E-state index in [9.17, 15) is 9.59 Å². The predicted molar refractivity (Wildman–Crippen MR) is 92.3 cm³/mol. The molecule has 3 rings (SSSR count). The number of carbonyl (C=O) groups excluding carboxylic acids is 2. The molecule has 0 N–H and O–H groups in total. The number of ether oxygens (including phenoxy) is 1. The van der Waals surface area contributed by atoms with Crippen LogP contribution in [0.2, 0.25) is 10.0 Å². The lowest BCUT2D eigenvalue weighted by Crippen LogP contribution is -2.34. The van der Waals surface area contributed by atoms with Crippen molar-refractivity contribution in [2.24, 2.45) is 0 Å². The van der Waals surface area contributed by atoms with Crippen molar-refractivity contribution in [1.82, 2.24) is 4.90 Å². The molecule has 0 saturated carbocycles. The zero-order chi connectivity index (χ0) is 17.4. The number of amides is 3. The fourth-order valence-electron chi connectivity index (χ4n) is 2.66. The van der Waals surface area contributed by atoms with Crippen LogP contribution >= 0.6 is 23.2 Å². The third-order valence-corrected chi connectivity index (χ3v) is 4.44. The number of rotatable bonds is 3. The minimum atomic E-state index is -0.518. The van der Waals surface area contributed by atoms with Crippen LogP contribution in [0.15, 0.2) is 23.9 Å². The summed E-state index contributed by atoms with van der Waals surface area (Å²) in [5, 5.41) is 0.435. The van der Waals surface area contributed by atoms with Crippen LogP contribution in [0.3, 0.4) is 0 Å². The van der Waals surface area contributed by atoms with Gasteiger partial charge >= 0.3 is 6.03 Å². The molecule has 2 aliphatic rings. The molecule has 24 heavy (non-hydrogen) atoms. The van der Waals surface area contributed by atoms with Crippen molar-refractivity contribution in [1.29, 1.82) is 0 Å². The average Bonchev–Trinajstić information content (AvgIpc) is 2.82. The summed E-state index contributed by atoms with van der Waals surface area (Å²) in [5.74, 6) is 2.29. The van der Waals surface area contributed by atoms with Crippen LogP contribution in [0.5, 0.6) is 5.75 Å². The zero-order valence-corrected chi connectivity index (χ0v) is 14.4. The highest BCUT2D eigenvalue weighted by molar-refractivity contribution is 6.39. The van der Waals surface area contributed by atoms with Gasteiger partial charge < -0.3 is 4.74 Å². The largest absolute Gasteiger partial charge is 0.476 e. The number of carbonyl (C=O) groups is 2. The van der Waals surface area contributed by atoms with Gasteiger partial charge in [-0.2, -0.15) is 0 Å². The number of nitrogens with zero attached hydrogens (tertiary/aromatic N) is 2. The molecule has 7 heteroatoms. The number of anilines is 1. The number of hydrogen-bond acceptors (Lipinski definition) is 3. The van der Waals surface area contributed by atoms with E-state index < -0.39 is 18.0 Å². The van der Waals surface area contributed by atoms with E-state index in [0.717, 1.165) is 17.7 Å². The minimum Gasteiger partial charge on any atom is -0.476 e. The van der Waals surface area contributed by atoms with Gasteiger partial charge in [0.15, 0.2) is 6.10 Å². The molecular weight excluding hydrogens is 351 g/mol. The van der Waals surface area contributed by atoms with Crippen LogP contribution in [0.1, 0.15) is 19.8 Å². The lowest BCUT2D eigenvalue weighted by molar-refractivity contribution is -0.114. The van der Waals surface area contributed by atoms with Crippen molar-refractivity contribution in [2.75, 3.05) is 11.4 Å². The first kappa shape index (κ1) is 16.7. The Hall–Kier alpha value is -2.16. The summed E-state index contributed by atoms with van der Waals surface area (Å²) in [6.07, 6.45) is 8.14. The van der Waals surface area contributed by atoms with Gasteiger partial charge in [-0.05, 0) is 25.8 Å². The molecule has 3 amide bonds. The molecule has 1 aromatic rings. The van der Waals surface area contributed by atoms with Gasteiger partial charge in [0.2, 0.25) is 0 Å². The van der Waals surface area contributed by atoms with Gasteiger partial charge in [-0.1, -0.05) is 35.2 Å². The second-order valence-electron chi connectivity index (χ2n) is 5.47. The Labute approximate surface area is 149 Å². The normalized spacial score (nSPS) is 18.2. The van der Waals surface area contributed by atoms with Gasteiger partial charge in [0.1, 0.15) is 11.4 Å². The van der Waals surface area contributed by atoms with E-state index in [1.54, 1.807) is 13.0 Å². The maximum Gasteiger partial charge on any atom is 0.336 e. The third kappa shape index (κ3) is 2.72. The molecule has 1 aromatic carbocycles. The number of urea groups is 1. The number of allylic oxidation sites excluding steroid dienone is 1. The first-order valence-electron chi connectivity index (χ1n) is 7.42. The fraction of sp³-hybridized carbons (Fsp3) is 0.294. The van der Waals surface area contributed by atoms with Gasteiger partial charge in [0.25, 0.3) is 5.91 Å². The van der Waals surface area contributed by atoms with Crippen LogP contribution in [0, 0.1) is 12.3 Å². The summed E-state index contributed by atoms with van der Waals surface area (Å²) >= 11 is 12.3. The van der Waals surface area contributed by atoms with Crippen molar-refractivity contribution in [2.45, 2.75) is 25.9 Å². The highest BCUT2D eigenvalue weighted by Crippen LogP contribution is 2.40. The molecule has 1 saturated heterocycles. The average molecular weight is 365 g/mol. The van der Waals surface area contributed by atoms with Gasteiger partial charge in [0, 0.05) is 12.6 Å². The highest BCUT2D eigenvalue weighted by Gasteiger charge is 2.43. The smallest absolute Gasteiger partial charge is 0.336 e. The molecule has 2 heterocycles. The topological polar surface area (TPSA) is 49.9 Å². The van der Waals surface area contributed by atoms with Crippen molar-refractivity contribution in [3.05, 3.63) is 34.0 Å². The molecule has 0 aromatic heterocycles. The number of halogens is 2. The summed E-state index contributed by atoms with van der Waals surface area (Å²) in [6, 6.07) is 2.47. The van der Waals surface area contributed by atoms with E-state index >= 15 is 0 Å². The Bertz CT molecular complexity index is 798. The molecule has 2 aliphatic heterocycles. The predicted octanol–water partition coefficient (Wildman–Crippen LogP) is 3.84. The second kappa shape index (κ2) is 6.39. The monoisotopic (exact) mass is 364 g/mol. The van der Waals surface area contributed by atoms with Gasteiger partial charge in [-0.25, -0.2) is 9.69 Å². The second-order valence-corrected chi connectivity index (χ2v) is 6.28. The first-order chi connectivity index (χ1) is 11.4. The maximum atomic E-state index is 12.6. The van der Waals surface area contributed by atoms with Crippen molar-refractivity contribution < 1.29 is 14.3 Å². The Morgan fingerprint density at radius 3 is 2.71 bits per heavy atom. The maximum absolute atomic E-state index is 12.6. The summed E-state index contributed by atoms with van der Waals surface area (Å²) in [7, 11) is 0. The van der Waals surface area contributed by atoms with Gasteiger partial charge in [0.05, 0.1) is 15.7 Å². The molecular formula is C17H14Cl2N2O3. The molecule has 1 unspecified atom stereocenters. The van der Waals surface area contributed by atoms with Crippen LogP contribution in [-0.2, 0) is 4.79 Å². The molecule has 0 aliphatic carbocycles. The SMILES string of the molecule is C#CC(C)Oc1cc(N2C(=O)C3=CCCCN3C2=O)c(Cl)cc1Cl. The standard InChI is InChI=1S/C17H14Cl2N2O3/c1-3-10(2)24-15-9-14(11(18)8-12(15)19)21-16(22)13-6-4-5-7-20(13)17(21)23/h1,6,8-10H,4-5,7H2,2H3. The number of fused-ring (bicyclic) bond motifs is 1. The molecule has 0 spiro atoms. The van der Waals surface area contributed by atoms with Crippen LogP contribution in [0.4, 0.5) is 10.5 Å². The quantitative estimate of drug-likeness (QED) is 0.604. The van der Waals surface area contributed by atoms with Crippen molar-refractivity contribution >= 4 is 40.8 Å². The number of imide groups is 1. The Kier molecular flexibility index (Phi) is 4.44. The lowest BCUT2D eigenvalue weighted by atomic mass is 10.2. The Balaban J connectivity index is 2.03. The Morgan fingerprint density at radius 2 is 2.04 bits per heavy atom. The number of terminal acetylenes is 1. The Morgan fingerprint density at radius 1 is 1.29 bits per heavy atom. The van der Waals surface area contributed by atoms with Crippen molar-refractivity contribution in [3.63, 3.8) is 0 Å². The van der Waals surface area contributed by atoms with Crippen LogP contribution in [-0.4, -0.2) is 29.5 Å². The summed E-state index contributed by atoms with van der Waals surface area (Å²) in [6.45, 7) is 2.19. The lowest BCUT2D eigenvalue weighted by Gasteiger charge is -2.20. The van der Waals surface area contributed by atoms with E-state index in [4.69, 9.17) is 34.4 Å². The van der Waals surface area contributed by atoms with E-state index in [1.165, 1.54) is 17.0 Å². The minimum absolute atomic E-state index is 0.183. The van der Waals surface area contributed by atoms with E-state index in [1.807, 2.05) is 0 Å². The number of benzene rings is 1. The molecule has 1 atom stereocenters. The molecule has 124 valence electrons. The first-order valence-corrected chi connectivity index (χ1v) is 8.17. The fourth-order valence-corrected chi connectivity index (χ4v) is 3.17. The summed E-state index contributed by atoms with van der Waals surface area (Å²) in [5.41, 5.74) is 0.613. The molecule has 0 radical (unpaired) electrons. The molecule has 1 fully saturated rings. The van der Waals surface area contributed by atoms with E-state index in [2.05, 4.69) is 5.92 Å². The summed E-state index contributed by atoms with van der Waals surface area (Å²) in [4.78, 5) is 27.7. The van der Waals surface area contributed by atoms with Gasteiger partial charge in [-0.15, -0.1) is 6.42 Å². The van der Waals surface area contributed by atoms with E-state index in [0.29, 0.717) is 12.2 Å². The van der Waals surface area contributed by atoms with Gasteiger partial charge in [-0.3, -0.25) is 9.69 Å². The van der Waals surface area contributed by atoms with E-state index in [-0.39, 0.29) is 21.5 Å². The molecule has 5 nitrogen and oxygen atoms in total. The van der Waals surface area contributed by atoms with Crippen LogP contribution in [0.25, 0.3) is 0 Å². The van der Waals surface area contributed by atoms with Crippen molar-refractivity contribution in [3.8, 4) is 18.1 Å². The number of hydrogen-bond donors (Lipinski definition) is 0. The zero-order valence-electron chi connectivity index (χ0n) is 12.9. The highest BCUT2D eigenvalue weighted by atomic mass is 35.5. The summed E-state index contributed by atoms with van der Waals surface area (Å²) < 4.78 is 5.53. The van der Waals surface area contributed by atoms with Crippen LogP contribution < -0.4 is 9.64 Å². The third-order valence-electron chi connectivity index (χ3n) is 3.84.